The third-order valence-corrected chi connectivity index (χ3v) is 16.4. The largest absolute Gasteiger partial charge is 0.496 e. The van der Waals surface area contributed by atoms with Crippen molar-refractivity contribution in [2.75, 3.05) is 33.5 Å². The van der Waals surface area contributed by atoms with E-state index < -0.39 is 12.2 Å². The van der Waals surface area contributed by atoms with Crippen LogP contribution in [0.5, 0.6) is 17.2 Å². The van der Waals surface area contributed by atoms with Gasteiger partial charge < -0.3 is 29.6 Å². The molecule has 0 saturated carbocycles. The van der Waals surface area contributed by atoms with Gasteiger partial charge in [-0.1, -0.05) is 35.0 Å². The average Bonchev–Trinajstić information content (AvgIpc) is 4.22. The fourth-order valence-corrected chi connectivity index (χ4v) is 11.7. The molecule has 3 N–H and O–H groups in total. The fourth-order valence-electron chi connectivity index (χ4n) is 9.97. The van der Waals surface area contributed by atoms with E-state index in [1.54, 1.807) is 29.0 Å². The fraction of sp³-hybridized carbons (Fsp3) is 0.500. The van der Waals surface area contributed by atoms with Crippen molar-refractivity contribution < 1.29 is 39.2 Å². The number of thiophene rings is 2. The van der Waals surface area contributed by atoms with E-state index >= 15 is 0 Å². The maximum absolute atomic E-state index is 11.6. The highest BCUT2D eigenvalue weighted by molar-refractivity contribution is 7.12. The Morgan fingerprint density at radius 2 is 1.19 bits per heavy atom. The van der Waals surface area contributed by atoms with Gasteiger partial charge in [-0.15, -0.1) is 22.7 Å². The number of carbonyl (C=O) groups is 2. The summed E-state index contributed by atoms with van der Waals surface area (Å²) in [5.41, 5.74) is 11.8. The molecule has 5 aromatic rings. The second kappa shape index (κ2) is 24.7. The third kappa shape index (κ3) is 12.7. The Kier molecular flexibility index (Phi) is 18.8. The molecule has 6 aliphatic heterocycles. The number of hydrogen-bond acceptors (Lipinski definition) is 15. The van der Waals surface area contributed by atoms with Crippen LogP contribution in [0.15, 0.2) is 70.5 Å². The number of nitrogens with zero attached hydrogens (tertiary/aromatic N) is 6. The van der Waals surface area contributed by atoms with Crippen molar-refractivity contribution in [1.29, 1.82) is 0 Å². The van der Waals surface area contributed by atoms with E-state index in [9.17, 15) is 19.8 Å². The van der Waals surface area contributed by atoms with E-state index in [-0.39, 0.29) is 24.6 Å². The summed E-state index contributed by atoms with van der Waals surface area (Å²) in [6, 6.07) is 20.4. The van der Waals surface area contributed by atoms with Crippen molar-refractivity contribution in [3.63, 3.8) is 0 Å². The summed E-state index contributed by atoms with van der Waals surface area (Å²) >= 11 is 3.22. The Morgan fingerprint density at radius 3 is 1.80 bits per heavy atom. The van der Waals surface area contributed by atoms with Gasteiger partial charge in [-0.2, -0.15) is 0 Å². The molecular formula is C58H78N6O8S2. The normalized spacial score (nSPS) is 19.5. The predicted molar refractivity (Wildman–Crippen MR) is 295 cm³/mol. The quantitative estimate of drug-likeness (QED) is 0.0844. The zero-order valence-corrected chi connectivity index (χ0v) is 47.3. The summed E-state index contributed by atoms with van der Waals surface area (Å²) in [5.74, 6) is 2.09. The molecule has 3 aromatic carbocycles. The lowest BCUT2D eigenvalue weighted by molar-refractivity contribution is 0.0610. The Balaban J connectivity index is 0.000000136. The SMILES string of the molecule is CC(C)N1C(=O)c2ccsc2C1=O.CC(C)N1Cc2cc3c(cc2C(O)C1)OCO3.CC(C)N1Cc2ccsc2C1.COc1c(C)ccc2c1C(O)CN(C(C)C)C2.Cc1ccc2c(c1)/C(=N/O)CN(C(C)C)C2. The van der Waals surface area contributed by atoms with Gasteiger partial charge in [0, 0.05) is 98.6 Å². The Labute approximate surface area is 446 Å². The lowest BCUT2D eigenvalue weighted by atomic mass is 9.93. The smallest absolute Gasteiger partial charge is 0.271 e. The first-order chi connectivity index (χ1) is 35.2. The molecule has 2 aromatic heterocycles. The number of aliphatic hydroxyl groups is 2. The molecule has 0 saturated heterocycles. The van der Waals surface area contributed by atoms with Crippen molar-refractivity contribution in [3.05, 3.63) is 131 Å². The number of aryl methyl sites for hydroxylation is 2. The number of ether oxygens (including phenoxy) is 3. The second-order valence-electron chi connectivity index (χ2n) is 21.3. The van der Waals surface area contributed by atoms with Crippen LogP contribution >= 0.6 is 22.7 Å². The molecule has 0 radical (unpaired) electrons. The molecule has 2 amide bonds. The van der Waals surface area contributed by atoms with Gasteiger partial charge in [-0.05, 0) is 158 Å². The molecule has 2 atom stereocenters. The summed E-state index contributed by atoms with van der Waals surface area (Å²) in [5, 5.41) is 37.0. The predicted octanol–water partition coefficient (Wildman–Crippen LogP) is 10.6. The van der Waals surface area contributed by atoms with Crippen molar-refractivity contribution >= 4 is 40.2 Å². The van der Waals surface area contributed by atoms with Crippen molar-refractivity contribution in [2.45, 2.75) is 158 Å². The molecule has 0 aliphatic carbocycles. The van der Waals surface area contributed by atoms with Gasteiger partial charge in [0.2, 0.25) is 6.79 Å². The van der Waals surface area contributed by atoms with Crippen LogP contribution in [0.1, 0.15) is 156 Å². The first kappa shape index (κ1) is 56.6. The second-order valence-corrected chi connectivity index (χ2v) is 23.2. The summed E-state index contributed by atoms with van der Waals surface area (Å²) in [6.07, 6.45) is -0.883. The van der Waals surface area contributed by atoms with Crippen LogP contribution in [0.4, 0.5) is 0 Å². The molecule has 0 fully saturated rings. The molecule has 0 spiro atoms. The van der Waals surface area contributed by atoms with Crippen LogP contribution in [0.3, 0.4) is 0 Å². The first-order valence-corrected chi connectivity index (χ1v) is 27.7. The van der Waals surface area contributed by atoms with Crippen molar-refractivity contribution in [1.82, 2.24) is 24.5 Å². The molecular weight excluding hydrogens is 973 g/mol. The van der Waals surface area contributed by atoms with Crippen LogP contribution < -0.4 is 14.2 Å². The van der Waals surface area contributed by atoms with Gasteiger partial charge in [-0.25, -0.2) is 0 Å². The number of carbonyl (C=O) groups excluding carboxylic acids is 2. The van der Waals surface area contributed by atoms with Gasteiger partial charge in [0.05, 0.1) is 24.9 Å². The molecule has 400 valence electrons. The number of benzene rings is 3. The minimum atomic E-state index is -0.448. The number of imide groups is 1. The number of oxime groups is 1. The maximum Gasteiger partial charge on any atom is 0.271 e. The van der Waals surface area contributed by atoms with E-state index in [4.69, 9.17) is 19.4 Å². The number of methoxy groups -OCH3 is 1. The van der Waals surface area contributed by atoms with E-state index in [0.29, 0.717) is 47.7 Å². The molecule has 6 aliphatic rings. The molecule has 2 unspecified atom stereocenters. The maximum atomic E-state index is 11.6. The topological polar surface area (TPSA) is 151 Å². The Morgan fingerprint density at radius 1 is 0.608 bits per heavy atom. The Hall–Kier alpha value is -5.17. The summed E-state index contributed by atoms with van der Waals surface area (Å²) in [4.78, 5) is 36.0. The van der Waals surface area contributed by atoms with Gasteiger partial charge in [-0.3, -0.25) is 34.1 Å². The lowest BCUT2D eigenvalue weighted by Crippen LogP contribution is -2.39. The Bertz CT molecular complexity index is 2720. The monoisotopic (exact) mass is 1050 g/mol. The van der Waals surface area contributed by atoms with Gasteiger partial charge >= 0.3 is 0 Å². The summed E-state index contributed by atoms with van der Waals surface area (Å²) in [6.45, 7) is 32.6. The molecule has 8 heterocycles. The zero-order valence-electron chi connectivity index (χ0n) is 45.6. The van der Waals surface area contributed by atoms with Gasteiger partial charge in [0.1, 0.15) is 16.3 Å². The number of fused-ring (bicyclic) bond motifs is 6. The number of amides is 2. The van der Waals surface area contributed by atoms with Crippen LogP contribution in [-0.2, 0) is 32.7 Å². The van der Waals surface area contributed by atoms with E-state index in [1.807, 2.05) is 44.2 Å². The molecule has 14 nitrogen and oxygen atoms in total. The molecule has 16 heteroatoms. The number of hydrogen-bond donors (Lipinski definition) is 3. The van der Waals surface area contributed by atoms with E-state index in [2.05, 4.69) is 129 Å². The average molecular weight is 1050 g/mol. The lowest BCUT2D eigenvalue weighted by Gasteiger charge is -2.35. The molecule has 11 rings (SSSR count). The highest BCUT2D eigenvalue weighted by Crippen LogP contribution is 2.40. The van der Waals surface area contributed by atoms with Gasteiger partial charge in [0.25, 0.3) is 11.8 Å². The molecule has 0 bridgehead atoms. The van der Waals surface area contributed by atoms with E-state index in [1.165, 1.54) is 39.5 Å². The third-order valence-electron chi connectivity index (χ3n) is 14.5. The highest BCUT2D eigenvalue weighted by Gasteiger charge is 2.38. The van der Waals surface area contributed by atoms with Crippen molar-refractivity contribution in [2.24, 2.45) is 5.16 Å². The first-order valence-electron chi connectivity index (χ1n) is 25.9. The van der Waals surface area contributed by atoms with Crippen LogP contribution in [-0.4, -0.2) is 121 Å². The van der Waals surface area contributed by atoms with Crippen LogP contribution in [0, 0.1) is 13.8 Å². The zero-order chi connectivity index (χ0) is 53.7. The minimum absolute atomic E-state index is 0.0559. The molecule has 74 heavy (non-hydrogen) atoms. The standard InChI is InChI=1S/C14H21NO2.C13H18N2O.C13H17NO3.C9H9NO2S.C9H13NS/c1-9(2)15-7-11-6-5-10(3)14(17-4)13(11)12(16)8-15;1-9(2)15-7-11-5-4-10(3)6-12(11)13(8-15)14-16;1-8(2)14-5-9-3-12-13(17-7-16-12)4-10(9)11(15)6-14;1-5(2)10-8(11)6-3-4-13-7(6)9(10)12;1-7(2)10-5-8-3-4-11-9(8)6-10/h5-6,9,12,16H,7-8H2,1-4H3;4-6,9,16H,7-8H2,1-3H3;3-4,8,11,15H,5-7H2,1-2H3;3-5H,1-2H3;3-4,7H,5-6H2,1-2H3/b;14-13+;;;. The minimum Gasteiger partial charge on any atom is -0.496 e. The summed E-state index contributed by atoms with van der Waals surface area (Å²) in [7, 11) is 1.67. The number of β-amino-alcohol motifs (C(OH)–C–C–N with tert-alkyl or cyclic N) is 2. The van der Waals surface area contributed by atoms with E-state index in [0.717, 1.165) is 83.5 Å². The van der Waals surface area contributed by atoms with Crippen LogP contribution in [0.2, 0.25) is 0 Å². The number of rotatable bonds is 6. The number of aliphatic hydroxyl groups excluding tert-OH is 2. The highest BCUT2D eigenvalue weighted by atomic mass is 32.1. The van der Waals surface area contributed by atoms with Crippen molar-refractivity contribution in [3.8, 4) is 17.2 Å². The summed E-state index contributed by atoms with van der Waals surface area (Å²) < 4.78 is 16.1. The van der Waals surface area contributed by atoms with Crippen LogP contribution in [0.25, 0.3) is 0 Å². The van der Waals surface area contributed by atoms with Gasteiger partial charge in [0.15, 0.2) is 11.5 Å².